The maximum atomic E-state index is 13.0. The molecule has 3 aromatic heterocycles. The van der Waals surface area contributed by atoms with Gasteiger partial charge in [-0.05, 0) is 56.3 Å². The first-order chi connectivity index (χ1) is 18.8. The summed E-state index contributed by atoms with van der Waals surface area (Å²) in [5.41, 5.74) is 2.22. The molecule has 5 rings (SSSR count). The molecule has 0 unspecified atom stereocenters. The predicted octanol–water partition coefficient (Wildman–Crippen LogP) is 5.27. The fraction of sp³-hybridized carbons (Fsp3) is 0.333. The van der Waals surface area contributed by atoms with Gasteiger partial charge in [0.25, 0.3) is 0 Å². The van der Waals surface area contributed by atoms with Crippen molar-refractivity contribution in [3.05, 3.63) is 76.5 Å². The van der Waals surface area contributed by atoms with E-state index in [9.17, 15) is 18.7 Å². The Morgan fingerprint density at radius 2 is 1.97 bits per heavy atom. The minimum atomic E-state index is -3.09. The Morgan fingerprint density at radius 1 is 1.18 bits per heavy atom. The number of carboxylic acid groups (broad SMARTS) is 1. The van der Waals surface area contributed by atoms with Gasteiger partial charge in [0.15, 0.2) is 5.75 Å². The van der Waals surface area contributed by atoms with Gasteiger partial charge >= 0.3 is 12.6 Å². The van der Waals surface area contributed by atoms with Gasteiger partial charge in [0.1, 0.15) is 17.9 Å². The van der Waals surface area contributed by atoms with Crippen molar-refractivity contribution >= 4 is 28.6 Å². The number of hydrogen-bond donors (Lipinski definition) is 1. The lowest BCUT2D eigenvalue weighted by Gasteiger charge is -2.31. The van der Waals surface area contributed by atoms with Crippen molar-refractivity contribution in [1.29, 1.82) is 0 Å². The topological polar surface area (TPSA) is 103 Å². The number of rotatable bonds is 9. The molecule has 0 spiro atoms. The lowest BCUT2D eigenvalue weighted by molar-refractivity contribution is -0.0489. The Morgan fingerprint density at radius 3 is 2.67 bits per heavy atom. The van der Waals surface area contributed by atoms with Gasteiger partial charge in [-0.15, -0.1) is 0 Å². The minimum absolute atomic E-state index is 0.142. The van der Waals surface area contributed by atoms with E-state index in [1.165, 1.54) is 6.07 Å². The first-order valence-electron chi connectivity index (χ1n) is 12.4. The second-order valence-electron chi connectivity index (χ2n) is 9.32. The van der Waals surface area contributed by atoms with E-state index in [1.54, 1.807) is 23.9 Å². The number of pyridine rings is 2. The molecule has 0 aliphatic carbocycles. The van der Waals surface area contributed by atoms with Crippen molar-refractivity contribution in [2.45, 2.75) is 38.5 Å². The molecule has 0 bridgehead atoms. The monoisotopic (exact) mass is 557 g/mol. The molecule has 1 aliphatic heterocycles. The number of nitrogens with zero attached hydrogens (tertiary/aromatic N) is 5. The van der Waals surface area contributed by atoms with Crippen LogP contribution in [0.4, 0.5) is 8.78 Å². The molecule has 0 radical (unpaired) electrons. The van der Waals surface area contributed by atoms with Gasteiger partial charge < -0.3 is 19.1 Å². The van der Waals surface area contributed by atoms with Gasteiger partial charge in [0.2, 0.25) is 5.88 Å². The molecule has 1 N–H and O–H groups in total. The van der Waals surface area contributed by atoms with E-state index in [0.29, 0.717) is 35.4 Å². The van der Waals surface area contributed by atoms with Gasteiger partial charge in [-0.25, -0.2) is 14.8 Å². The Kier molecular flexibility index (Phi) is 7.89. The van der Waals surface area contributed by atoms with Crippen molar-refractivity contribution in [1.82, 2.24) is 24.4 Å². The number of aromatic carboxylic acids is 1. The molecular formula is C27H26ClF2N5O4. The van der Waals surface area contributed by atoms with Crippen LogP contribution in [0.5, 0.6) is 11.6 Å². The molecule has 0 amide bonds. The van der Waals surface area contributed by atoms with Gasteiger partial charge in [-0.3, -0.25) is 9.88 Å². The molecule has 4 heterocycles. The number of carboxylic acids is 1. The van der Waals surface area contributed by atoms with Crippen LogP contribution in [0.15, 0.2) is 48.7 Å². The molecule has 204 valence electrons. The zero-order chi connectivity index (χ0) is 27.5. The Labute approximate surface area is 228 Å². The second kappa shape index (κ2) is 11.5. The van der Waals surface area contributed by atoms with Gasteiger partial charge in [0, 0.05) is 30.9 Å². The third kappa shape index (κ3) is 6.26. The Balaban J connectivity index is 1.23. The average molecular weight is 558 g/mol. The molecule has 1 aromatic carbocycles. The van der Waals surface area contributed by atoms with E-state index in [4.69, 9.17) is 21.3 Å². The highest BCUT2D eigenvalue weighted by atomic mass is 35.5. The van der Waals surface area contributed by atoms with Crippen molar-refractivity contribution in [2.24, 2.45) is 7.05 Å². The maximum Gasteiger partial charge on any atom is 0.387 e. The Hall–Kier alpha value is -3.83. The van der Waals surface area contributed by atoms with Crippen LogP contribution in [0.1, 0.15) is 46.3 Å². The van der Waals surface area contributed by atoms with Gasteiger partial charge in [-0.1, -0.05) is 17.7 Å². The zero-order valence-corrected chi connectivity index (χ0v) is 21.8. The normalized spacial score (nSPS) is 14.7. The fourth-order valence-electron chi connectivity index (χ4n) is 4.72. The maximum absolute atomic E-state index is 13.0. The number of hydrogen-bond acceptors (Lipinski definition) is 7. The standard InChI is InChI=1S/C27H26ClF2N5O4/c1-34-21-11-17(26(36)37)12-22(39-27(29)30)25(21)33-23(34)14-35-9-7-16(8-10-35)20-3-2-4-24(32-20)38-15-19-6-5-18(28)13-31-19/h2-6,11-13,16,27H,7-10,14-15H2,1H3,(H,36,37). The number of ether oxygens (including phenoxy) is 2. The number of benzene rings is 1. The quantitative estimate of drug-likeness (QED) is 0.297. The first-order valence-corrected chi connectivity index (χ1v) is 12.7. The van der Waals surface area contributed by atoms with Crippen LogP contribution in [-0.2, 0) is 20.2 Å². The van der Waals surface area contributed by atoms with Crippen molar-refractivity contribution in [3.63, 3.8) is 0 Å². The molecule has 9 nitrogen and oxygen atoms in total. The number of alkyl halides is 2. The number of imidazole rings is 1. The highest BCUT2D eigenvalue weighted by Gasteiger charge is 2.25. The predicted molar refractivity (Wildman–Crippen MR) is 139 cm³/mol. The van der Waals surface area contributed by atoms with Gasteiger partial charge in [0.05, 0.1) is 28.3 Å². The summed E-state index contributed by atoms with van der Waals surface area (Å²) in [5, 5.41) is 9.96. The number of halogens is 3. The number of aryl methyl sites for hydroxylation is 1. The molecule has 0 saturated carbocycles. The molecule has 1 aliphatic rings. The molecule has 39 heavy (non-hydrogen) atoms. The zero-order valence-electron chi connectivity index (χ0n) is 21.1. The summed E-state index contributed by atoms with van der Waals surface area (Å²) in [6, 6.07) is 11.8. The summed E-state index contributed by atoms with van der Waals surface area (Å²) in [6.45, 7) is -0.735. The molecule has 4 aromatic rings. The number of carbonyl (C=O) groups is 1. The van der Waals surface area contributed by atoms with Crippen LogP contribution in [0.25, 0.3) is 11.0 Å². The van der Waals surface area contributed by atoms with Crippen LogP contribution < -0.4 is 9.47 Å². The Bertz CT molecular complexity index is 1470. The first kappa shape index (κ1) is 26.8. The van der Waals surface area contributed by atoms with E-state index < -0.39 is 12.6 Å². The average Bonchev–Trinajstić information content (AvgIpc) is 3.24. The highest BCUT2D eigenvalue weighted by Crippen LogP contribution is 2.32. The van der Waals surface area contributed by atoms with E-state index in [1.807, 2.05) is 24.3 Å². The van der Waals surface area contributed by atoms with Crippen LogP contribution in [-0.4, -0.2) is 55.2 Å². The summed E-state index contributed by atoms with van der Waals surface area (Å²) < 4.78 is 38.1. The van der Waals surface area contributed by atoms with Crippen molar-refractivity contribution < 1.29 is 28.2 Å². The van der Waals surface area contributed by atoms with Crippen molar-refractivity contribution in [2.75, 3.05) is 13.1 Å². The van der Waals surface area contributed by atoms with Crippen LogP contribution in [0.2, 0.25) is 5.02 Å². The SMILES string of the molecule is Cn1c(CN2CCC(c3cccc(OCc4ccc(Cl)cn4)n3)CC2)nc2c(OC(F)F)cc(C(=O)O)cc21. The minimum Gasteiger partial charge on any atom is -0.478 e. The number of piperidine rings is 1. The molecule has 1 saturated heterocycles. The number of fused-ring (bicyclic) bond motifs is 1. The smallest absolute Gasteiger partial charge is 0.387 e. The van der Waals surface area contributed by atoms with E-state index >= 15 is 0 Å². The second-order valence-corrected chi connectivity index (χ2v) is 9.76. The summed E-state index contributed by atoms with van der Waals surface area (Å²) in [5.74, 6) is -0.0440. The summed E-state index contributed by atoms with van der Waals surface area (Å²) in [6.07, 6.45) is 3.33. The van der Waals surface area contributed by atoms with E-state index in [0.717, 1.165) is 43.4 Å². The highest BCUT2D eigenvalue weighted by molar-refractivity contribution is 6.30. The van der Waals surface area contributed by atoms with Crippen LogP contribution >= 0.6 is 11.6 Å². The molecule has 1 fully saturated rings. The summed E-state index contributed by atoms with van der Waals surface area (Å²) >= 11 is 5.88. The van der Waals surface area contributed by atoms with Gasteiger partial charge in [-0.2, -0.15) is 8.78 Å². The third-order valence-corrected chi connectivity index (χ3v) is 7.00. The lowest BCUT2D eigenvalue weighted by Crippen LogP contribution is -2.33. The third-order valence-electron chi connectivity index (χ3n) is 6.78. The van der Waals surface area contributed by atoms with Crippen LogP contribution in [0.3, 0.4) is 0 Å². The van der Waals surface area contributed by atoms with E-state index in [2.05, 4.69) is 19.6 Å². The molecule has 12 heteroatoms. The number of aromatic nitrogens is 4. The van der Waals surface area contributed by atoms with E-state index in [-0.39, 0.29) is 22.7 Å². The molecule has 0 atom stereocenters. The largest absolute Gasteiger partial charge is 0.478 e. The fourth-order valence-corrected chi connectivity index (χ4v) is 4.83. The van der Waals surface area contributed by atoms with Crippen molar-refractivity contribution in [3.8, 4) is 11.6 Å². The summed E-state index contributed by atoms with van der Waals surface area (Å²) in [4.78, 5) is 27.2. The molecular weight excluding hydrogens is 532 g/mol. The lowest BCUT2D eigenvalue weighted by atomic mass is 9.93. The van der Waals surface area contributed by atoms with Crippen LogP contribution in [0, 0.1) is 0 Å². The number of likely N-dealkylation sites (tertiary alicyclic amines) is 1. The summed E-state index contributed by atoms with van der Waals surface area (Å²) in [7, 11) is 1.74.